The van der Waals surface area contributed by atoms with Crippen molar-refractivity contribution in [2.24, 2.45) is 10.8 Å². The van der Waals surface area contributed by atoms with E-state index in [1.165, 1.54) is 0 Å². The number of hydrogen-bond donors (Lipinski definition) is 0. The molecule has 0 heterocycles. The van der Waals surface area contributed by atoms with Crippen LogP contribution in [-0.4, -0.2) is 18.0 Å². The molecule has 1 aliphatic rings. The number of rotatable bonds is 3. The van der Waals surface area contributed by atoms with Gasteiger partial charge in [-0.1, -0.05) is 20.3 Å². The van der Waals surface area contributed by atoms with Crippen molar-refractivity contribution in [1.29, 1.82) is 5.26 Å². The van der Waals surface area contributed by atoms with E-state index in [0.29, 0.717) is 19.4 Å². The number of carbonyl (C=O) groups excluding carboxylic acids is 1. The molecule has 1 atom stereocenters. The zero-order valence-corrected chi connectivity index (χ0v) is 12.3. The van der Waals surface area contributed by atoms with Gasteiger partial charge in [-0.15, -0.1) is 0 Å². The Balaban J connectivity index is 2.74. The van der Waals surface area contributed by atoms with Crippen molar-refractivity contribution < 1.29 is 9.53 Å². The summed E-state index contributed by atoms with van der Waals surface area (Å²) in [5.74, 6) is 0.0984. The molecule has 1 rings (SSSR count). The van der Waals surface area contributed by atoms with E-state index in [9.17, 15) is 10.1 Å². The largest absolute Gasteiger partial charge is 0.376 e. The first-order valence-corrected chi connectivity index (χ1v) is 6.73. The first-order chi connectivity index (χ1) is 8.13. The highest BCUT2D eigenvalue weighted by Gasteiger charge is 2.48. The molecule has 3 nitrogen and oxygen atoms in total. The summed E-state index contributed by atoms with van der Waals surface area (Å²) in [6, 6.07) is 2.28. The Hall–Kier alpha value is -0.880. The van der Waals surface area contributed by atoms with Crippen LogP contribution in [0.1, 0.15) is 60.3 Å². The third-order valence-corrected chi connectivity index (χ3v) is 3.73. The van der Waals surface area contributed by atoms with Crippen LogP contribution in [-0.2, 0) is 9.53 Å². The Morgan fingerprint density at radius 2 is 1.94 bits per heavy atom. The monoisotopic (exact) mass is 251 g/mol. The quantitative estimate of drug-likeness (QED) is 0.771. The van der Waals surface area contributed by atoms with Crippen LogP contribution >= 0.6 is 0 Å². The lowest BCUT2D eigenvalue weighted by molar-refractivity contribution is -0.140. The summed E-state index contributed by atoms with van der Waals surface area (Å²) < 4.78 is 5.67. The van der Waals surface area contributed by atoms with Gasteiger partial charge >= 0.3 is 0 Å². The van der Waals surface area contributed by atoms with E-state index >= 15 is 0 Å². The number of nitriles is 1. The second kappa shape index (κ2) is 5.01. The smallest absolute Gasteiger partial charge is 0.158 e. The number of carbonyl (C=O) groups is 1. The topological polar surface area (TPSA) is 50.1 Å². The van der Waals surface area contributed by atoms with Crippen molar-refractivity contribution in [3.8, 4) is 6.07 Å². The standard InChI is InChI=1S/C15H25NO2/c1-13(2,3)18-10-9-15(11-16)8-6-7-14(4,5)12(15)17/h6-10H2,1-5H3. The average molecular weight is 251 g/mol. The Bertz CT molecular complexity index is 360. The Kier molecular flexibility index (Phi) is 4.23. The molecule has 0 aliphatic heterocycles. The summed E-state index contributed by atoms with van der Waals surface area (Å²) in [6.07, 6.45) is 3.03. The minimum atomic E-state index is -0.826. The lowest BCUT2D eigenvalue weighted by atomic mass is 9.62. The fourth-order valence-electron chi connectivity index (χ4n) is 2.64. The van der Waals surface area contributed by atoms with Crippen LogP contribution in [0.5, 0.6) is 0 Å². The SMILES string of the molecule is CC(C)(C)OCCC1(C#N)CCCC(C)(C)C1=O. The van der Waals surface area contributed by atoms with E-state index in [2.05, 4.69) is 6.07 Å². The van der Waals surface area contributed by atoms with Crippen LogP contribution in [0.4, 0.5) is 0 Å². The highest BCUT2D eigenvalue weighted by atomic mass is 16.5. The van der Waals surface area contributed by atoms with E-state index < -0.39 is 5.41 Å². The average Bonchev–Trinajstić information content (AvgIpc) is 2.23. The van der Waals surface area contributed by atoms with Crippen molar-refractivity contribution >= 4 is 5.78 Å². The minimum absolute atomic E-state index is 0.0984. The van der Waals surface area contributed by atoms with Crippen LogP contribution < -0.4 is 0 Å². The summed E-state index contributed by atoms with van der Waals surface area (Å²) in [5, 5.41) is 9.45. The van der Waals surface area contributed by atoms with Gasteiger partial charge in [0, 0.05) is 12.0 Å². The van der Waals surface area contributed by atoms with Crippen molar-refractivity contribution in [3.05, 3.63) is 0 Å². The molecule has 0 saturated heterocycles. The van der Waals surface area contributed by atoms with Crippen LogP contribution in [0.3, 0.4) is 0 Å². The summed E-state index contributed by atoms with van der Waals surface area (Å²) >= 11 is 0. The predicted octanol–water partition coefficient (Wildman–Crippen LogP) is 3.48. The maximum atomic E-state index is 12.5. The van der Waals surface area contributed by atoms with Crippen LogP contribution in [0.2, 0.25) is 0 Å². The van der Waals surface area contributed by atoms with Gasteiger partial charge in [-0.25, -0.2) is 0 Å². The van der Waals surface area contributed by atoms with Crippen LogP contribution in [0.25, 0.3) is 0 Å². The number of hydrogen-bond acceptors (Lipinski definition) is 3. The van der Waals surface area contributed by atoms with Gasteiger partial charge in [-0.3, -0.25) is 4.79 Å². The molecule has 1 saturated carbocycles. The molecule has 0 aromatic heterocycles. The Morgan fingerprint density at radius 1 is 1.33 bits per heavy atom. The number of Topliss-reactive ketones (excluding diaryl/α,β-unsaturated/α-hetero) is 1. The van der Waals surface area contributed by atoms with Gasteiger partial charge in [0.15, 0.2) is 5.78 Å². The summed E-state index contributed by atoms with van der Waals surface area (Å²) in [6.45, 7) is 10.3. The first kappa shape index (κ1) is 15.2. The first-order valence-electron chi connectivity index (χ1n) is 6.73. The van der Waals surface area contributed by atoms with Crippen molar-refractivity contribution in [3.63, 3.8) is 0 Å². The second-order valence-electron chi connectivity index (χ2n) is 6.97. The van der Waals surface area contributed by atoms with Crippen molar-refractivity contribution in [2.45, 2.75) is 65.9 Å². The molecule has 0 radical (unpaired) electrons. The van der Waals surface area contributed by atoms with E-state index in [1.54, 1.807) is 0 Å². The van der Waals surface area contributed by atoms with Gasteiger partial charge in [0.25, 0.3) is 0 Å². The summed E-state index contributed by atoms with van der Waals surface area (Å²) in [5.41, 5.74) is -1.41. The molecule has 0 amide bonds. The molecule has 0 spiro atoms. The lowest BCUT2D eigenvalue weighted by Crippen LogP contribution is -2.44. The van der Waals surface area contributed by atoms with E-state index in [-0.39, 0.29) is 16.8 Å². The predicted molar refractivity (Wildman–Crippen MR) is 71.0 cm³/mol. The third kappa shape index (κ3) is 3.32. The molecule has 18 heavy (non-hydrogen) atoms. The molecule has 1 unspecified atom stereocenters. The van der Waals surface area contributed by atoms with E-state index in [1.807, 2.05) is 34.6 Å². The maximum absolute atomic E-state index is 12.5. The molecule has 0 N–H and O–H groups in total. The minimum Gasteiger partial charge on any atom is -0.376 e. The fourth-order valence-corrected chi connectivity index (χ4v) is 2.64. The van der Waals surface area contributed by atoms with Gasteiger partial charge < -0.3 is 4.74 Å². The van der Waals surface area contributed by atoms with Gasteiger partial charge in [-0.05, 0) is 40.0 Å². The van der Waals surface area contributed by atoms with Gasteiger partial charge in [0.05, 0.1) is 11.7 Å². The second-order valence-corrected chi connectivity index (χ2v) is 6.97. The van der Waals surface area contributed by atoms with Crippen molar-refractivity contribution in [1.82, 2.24) is 0 Å². The number of nitrogens with zero attached hydrogens (tertiary/aromatic N) is 1. The molecule has 0 aromatic rings. The lowest BCUT2D eigenvalue weighted by Gasteiger charge is -2.39. The van der Waals surface area contributed by atoms with Gasteiger partial charge in [-0.2, -0.15) is 5.26 Å². The highest BCUT2D eigenvalue weighted by Crippen LogP contribution is 2.44. The molecular weight excluding hydrogens is 226 g/mol. The third-order valence-electron chi connectivity index (χ3n) is 3.73. The zero-order valence-electron chi connectivity index (χ0n) is 12.3. The van der Waals surface area contributed by atoms with Gasteiger partial charge in [0.1, 0.15) is 5.41 Å². The molecular formula is C15H25NO2. The molecule has 0 bridgehead atoms. The normalized spacial score (nSPS) is 27.9. The van der Waals surface area contributed by atoms with E-state index in [0.717, 1.165) is 12.8 Å². The van der Waals surface area contributed by atoms with E-state index in [4.69, 9.17) is 4.74 Å². The highest BCUT2D eigenvalue weighted by molar-refractivity contribution is 5.92. The van der Waals surface area contributed by atoms with Crippen LogP contribution in [0, 0.1) is 22.2 Å². The fraction of sp³-hybridized carbons (Fsp3) is 0.867. The Morgan fingerprint density at radius 3 is 2.44 bits per heavy atom. The Labute approximate surface area is 111 Å². The maximum Gasteiger partial charge on any atom is 0.158 e. The number of ether oxygens (including phenoxy) is 1. The molecule has 1 fully saturated rings. The van der Waals surface area contributed by atoms with Gasteiger partial charge in [0.2, 0.25) is 0 Å². The molecule has 0 aromatic carbocycles. The van der Waals surface area contributed by atoms with Crippen molar-refractivity contribution in [2.75, 3.05) is 6.61 Å². The molecule has 1 aliphatic carbocycles. The summed E-state index contributed by atoms with van der Waals surface area (Å²) in [4.78, 5) is 12.5. The molecule has 102 valence electrons. The zero-order chi connectivity index (χ0) is 14.0. The molecule has 3 heteroatoms. The summed E-state index contributed by atoms with van der Waals surface area (Å²) in [7, 11) is 0. The van der Waals surface area contributed by atoms with Crippen LogP contribution in [0.15, 0.2) is 0 Å². The number of ketones is 1.